The maximum Gasteiger partial charge on any atom is 0.0639 e. The second-order valence-electron chi connectivity index (χ2n) is 5.57. The standard InChI is InChI=1S/C21H15ClN2/c22-18-8-11-20(12-9-18)24-13-3-6-21(24)15-23-19-10-7-16-4-1-2-5-17(16)14-19/h1-15H. The van der Waals surface area contributed by atoms with Crippen molar-refractivity contribution in [3.63, 3.8) is 0 Å². The van der Waals surface area contributed by atoms with Crippen molar-refractivity contribution in [3.05, 3.63) is 95.8 Å². The second-order valence-corrected chi connectivity index (χ2v) is 6.01. The van der Waals surface area contributed by atoms with Crippen molar-refractivity contribution in [2.45, 2.75) is 0 Å². The van der Waals surface area contributed by atoms with Gasteiger partial charge in [-0.3, -0.25) is 4.99 Å². The van der Waals surface area contributed by atoms with Gasteiger partial charge in [-0.15, -0.1) is 0 Å². The van der Waals surface area contributed by atoms with Gasteiger partial charge in [-0.2, -0.15) is 0 Å². The van der Waals surface area contributed by atoms with Crippen molar-refractivity contribution < 1.29 is 0 Å². The Labute approximate surface area is 145 Å². The molecule has 2 nitrogen and oxygen atoms in total. The highest BCUT2D eigenvalue weighted by atomic mass is 35.5. The van der Waals surface area contributed by atoms with Crippen molar-refractivity contribution in [1.29, 1.82) is 0 Å². The quantitative estimate of drug-likeness (QED) is 0.408. The molecule has 0 N–H and O–H groups in total. The fraction of sp³-hybridized carbons (Fsp3) is 0. The Kier molecular flexibility index (Phi) is 3.89. The van der Waals surface area contributed by atoms with Crippen LogP contribution in [0.15, 0.2) is 90.1 Å². The van der Waals surface area contributed by atoms with E-state index >= 15 is 0 Å². The van der Waals surface area contributed by atoms with E-state index in [1.165, 1.54) is 10.8 Å². The van der Waals surface area contributed by atoms with E-state index in [4.69, 9.17) is 11.6 Å². The van der Waals surface area contributed by atoms with Crippen LogP contribution in [-0.2, 0) is 0 Å². The summed E-state index contributed by atoms with van der Waals surface area (Å²) in [6.07, 6.45) is 3.91. The lowest BCUT2D eigenvalue weighted by Crippen LogP contribution is -1.97. The highest BCUT2D eigenvalue weighted by Gasteiger charge is 2.01. The van der Waals surface area contributed by atoms with Crippen LogP contribution in [-0.4, -0.2) is 10.8 Å². The molecular formula is C21H15ClN2. The molecule has 116 valence electrons. The fourth-order valence-corrected chi connectivity index (χ4v) is 2.86. The first kappa shape index (κ1) is 14.7. The summed E-state index contributed by atoms with van der Waals surface area (Å²) in [5.41, 5.74) is 3.02. The van der Waals surface area contributed by atoms with Crippen molar-refractivity contribution in [2.24, 2.45) is 4.99 Å². The van der Waals surface area contributed by atoms with E-state index in [9.17, 15) is 0 Å². The third-order valence-electron chi connectivity index (χ3n) is 3.96. The summed E-state index contributed by atoms with van der Waals surface area (Å²) in [5, 5.41) is 3.15. The van der Waals surface area contributed by atoms with Crippen LogP contribution in [0.1, 0.15) is 5.69 Å². The highest BCUT2D eigenvalue weighted by molar-refractivity contribution is 6.30. The Bertz CT molecular complexity index is 1010. The zero-order chi connectivity index (χ0) is 16.4. The van der Waals surface area contributed by atoms with Gasteiger partial charge in [0, 0.05) is 16.9 Å². The molecule has 0 atom stereocenters. The molecule has 0 saturated carbocycles. The topological polar surface area (TPSA) is 17.3 Å². The van der Waals surface area contributed by atoms with Crippen LogP contribution in [0.5, 0.6) is 0 Å². The number of hydrogen-bond donors (Lipinski definition) is 0. The molecule has 4 aromatic rings. The van der Waals surface area contributed by atoms with E-state index in [-0.39, 0.29) is 0 Å². The van der Waals surface area contributed by atoms with Gasteiger partial charge >= 0.3 is 0 Å². The monoisotopic (exact) mass is 330 g/mol. The van der Waals surface area contributed by atoms with Gasteiger partial charge in [0.05, 0.1) is 17.6 Å². The summed E-state index contributed by atoms with van der Waals surface area (Å²) in [4.78, 5) is 4.63. The normalized spacial score (nSPS) is 11.4. The Morgan fingerprint density at radius 2 is 1.58 bits per heavy atom. The first-order chi connectivity index (χ1) is 11.8. The molecular weight excluding hydrogens is 316 g/mol. The third kappa shape index (κ3) is 2.97. The number of rotatable bonds is 3. The molecule has 3 aromatic carbocycles. The molecule has 1 aromatic heterocycles. The first-order valence-corrected chi connectivity index (χ1v) is 8.13. The zero-order valence-corrected chi connectivity index (χ0v) is 13.7. The van der Waals surface area contributed by atoms with Gasteiger partial charge in [0.25, 0.3) is 0 Å². The minimum Gasteiger partial charge on any atom is -0.316 e. The lowest BCUT2D eigenvalue weighted by molar-refractivity contribution is 1.07. The van der Waals surface area contributed by atoms with Crippen molar-refractivity contribution >= 4 is 34.3 Å². The Morgan fingerprint density at radius 1 is 0.792 bits per heavy atom. The fourth-order valence-electron chi connectivity index (χ4n) is 2.73. The van der Waals surface area contributed by atoms with E-state index in [0.29, 0.717) is 0 Å². The molecule has 0 aliphatic rings. The molecule has 0 unspecified atom stereocenters. The molecule has 0 spiro atoms. The number of aromatic nitrogens is 1. The van der Waals surface area contributed by atoms with Crippen molar-refractivity contribution in [3.8, 4) is 5.69 Å². The lowest BCUT2D eigenvalue weighted by Gasteiger charge is -2.06. The number of benzene rings is 3. The molecule has 3 heteroatoms. The second kappa shape index (κ2) is 6.34. The van der Waals surface area contributed by atoms with E-state index in [1.54, 1.807) is 0 Å². The van der Waals surface area contributed by atoms with Gasteiger partial charge in [0.15, 0.2) is 0 Å². The molecule has 0 amide bonds. The van der Waals surface area contributed by atoms with Crippen molar-refractivity contribution in [1.82, 2.24) is 4.57 Å². The lowest BCUT2D eigenvalue weighted by atomic mass is 10.1. The molecule has 0 radical (unpaired) electrons. The zero-order valence-electron chi connectivity index (χ0n) is 12.9. The van der Waals surface area contributed by atoms with E-state index in [0.717, 1.165) is 22.1 Å². The molecule has 24 heavy (non-hydrogen) atoms. The van der Waals surface area contributed by atoms with E-state index in [2.05, 4.69) is 33.8 Å². The number of aliphatic imine (C=N–C) groups is 1. The van der Waals surface area contributed by atoms with Crippen molar-refractivity contribution in [2.75, 3.05) is 0 Å². The van der Waals surface area contributed by atoms with Crippen LogP contribution in [0.2, 0.25) is 5.02 Å². The number of hydrogen-bond acceptors (Lipinski definition) is 1. The molecule has 0 fully saturated rings. The molecule has 0 saturated heterocycles. The summed E-state index contributed by atoms with van der Waals surface area (Å²) in [7, 11) is 0. The molecule has 0 aliphatic carbocycles. The van der Waals surface area contributed by atoms with Crippen LogP contribution in [0, 0.1) is 0 Å². The predicted octanol–water partition coefficient (Wildman–Crippen LogP) is 6.03. The minimum atomic E-state index is 0.734. The van der Waals surface area contributed by atoms with Gasteiger partial charge in [0.1, 0.15) is 0 Å². The third-order valence-corrected chi connectivity index (χ3v) is 4.22. The predicted molar refractivity (Wildman–Crippen MR) is 102 cm³/mol. The summed E-state index contributed by atoms with van der Waals surface area (Å²) in [6.45, 7) is 0. The maximum absolute atomic E-state index is 5.97. The van der Waals surface area contributed by atoms with Crippen LogP contribution in [0.4, 0.5) is 5.69 Å². The van der Waals surface area contributed by atoms with Gasteiger partial charge < -0.3 is 4.57 Å². The summed E-state index contributed by atoms with van der Waals surface area (Å²) >= 11 is 5.97. The van der Waals surface area contributed by atoms with E-state index < -0.39 is 0 Å². The minimum absolute atomic E-state index is 0.734. The number of nitrogens with zero attached hydrogens (tertiary/aromatic N) is 2. The largest absolute Gasteiger partial charge is 0.316 e. The van der Waals surface area contributed by atoms with Gasteiger partial charge in [-0.1, -0.05) is 41.9 Å². The number of halogens is 1. The first-order valence-electron chi connectivity index (χ1n) is 7.76. The molecule has 0 aliphatic heterocycles. The molecule has 1 heterocycles. The summed E-state index contributed by atoms with van der Waals surface area (Å²) in [6, 6.07) is 26.4. The SMILES string of the molecule is Clc1ccc(-n2cccc2C=Nc2ccc3ccccc3c2)cc1. The highest BCUT2D eigenvalue weighted by Crippen LogP contribution is 2.21. The number of fused-ring (bicyclic) bond motifs is 1. The van der Waals surface area contributed by atoms with E-state index in [1.807, 2.05) is 67.0 Å². The van der Waals surface area contributed by atoms with Gasteiger partial charge in [0.2, 0.25) is 0 Å². The summed E-state index contributed by atoms with van der Waals surface area (Å²) in [5.74, 6) is 0. The molecule has 4 rings (SSSR count). The van der Waals surface area contributed by atoms with Gasteiger partial charge in [-0.05, 0) is 59.3 Å². The van der Waals surface area contributed by atoms with Crippen LogP contribution < -0.4 is 0 Å². The molecule has 0 bridgehead atoms. The average Bonchev–Trinajstić information content (AvgIpc) is 3.09. The smallest absolute Gasteiger partial charge is 0.0639 e. The Balaban J connectivity index is 1.66. The average molecular weight is 331 g/mol. The van der Waals surface area contributed by atoms with Gasteiger partial charge in [-0.25, -0.2) is 0 Å². The Hall–Kier alpha value is -2.84. The van der Waals surface area contributed by atoms with Crippen LogP contribution in [0.25, 0.3) is 16.5 Å². The maximum atomic E-state index is 5.97. The summed E-state index contributed by atoms with van der Waals surface area (Å²) < 4.78 is 2.08. The van der Waals surface area contributed by atoms with Crippen LogP contribution in [0.3, 0.4) is 0 Å². The van der Waals surface area contributed by atoms with Crippen LogP contribution >= 0.6 is 11.6 Å². The Morgan fingerprint density at radius 3 is 2.42 bits per heavy atom.